The van der Waals surface area contributed by atoms with Gasteiger partial charge in [-0.15, -0.1) is 0 Å². The maximum absolute atomic E-state index is 10.9. The van der Waals surface area contributed by atoms with Crippen molar-refractivity contribution in [2.24, 2.45) is 5.73 Å². The number of amides is 2. The first kappa shape index (κ1) is 11.7. The van der Waals surface area contributed by atoms with Crippen molar-refractivity contribution in [1.82, 2.24) is 10.6 Å². The van der Waals surface area contributed by atoms with E-state index in [0.717, 1.165) is 6.54 Å². The molecule has 6 nitrogen and oxygen atoms in total. The SMILES string of the molecule is CCNCC(=O)NCCOC(N)=O. The zero-order valence-electron chi connectivity index (χ0n) is 7.63. The summed E-state index contributed by atoms with van der Waals surface area (Å²) >= 11 is 0. The highest BCUT2D eigenvalue weighted by Crippen LogP contribution is 1.71. The van der Waals surface area contributed by atoms with Gasteiger partial charge < -0.3 is 21.1 Å². The first-order chi connectivity index (χ1) is 6.16. The Kier molecular flexibility index (Phi) is 6.62. The van der Waals surface area contributed by atoms with Crippen molar-refractivity contribution in [2.75, 3.05) is 26.2 Å². The van der Waals surface area contributed by atoms with Gasteiger partial charge in [0.2, 0.25) is 5.91 Å². The number of hydrogen-bond donors (Lipinski definition) is 3. The number of likely N-dealkylation sites (N-methyl/N-ethyl adjacent to an activating group) is 1. The maximum Gasteiger partial charge on any atom is 0.404 e. The fourth-order valence-electron chi connectivity index (χ4n) is 0.643. The molecule has 13 heavy (non-hydrogen) atoms. The molecule has 0 radical (unpaired) electrons. The van der Waals surface area contributed by atoms with E-state index in [1.54, 1.807) is 0 Å². The van der Waals surface area contributed by atoms with Gasteiger partial charge in [-0.1, -0.05) is 6.92 Å². The van der Waals surface area contributed by atoms with E-state index in [1.165, 1.54) is 0 Å². The van der Waals surface area contributed by atoms with Crippen molar-refractivity contribution < 1.29 is 14.3 Å². The second-order valence-corrected chi connectivity index (χ2v) is 2.30. The van der Waals surface area contributed by atoms with E-state index < -0.39 is 6.09 Å². The zero-order chi connectivity index (χ0) is 10.1. The number of carbonyl (C=O) groups is 2. The molecule has 0 saturated carbocycles. The lowest BCUT2D eigenvalue weighted by atomic mass is 10.5. The summed E-state index contributed by atoms with van der Waals surface area (Å²) < 4.78 is 4.40. The van der Waals surface area contributed by atoms with Gasteiger partial charge in [-0.25, -0.2) is 4.79 Å². The van der Waals surface area contributed by atoms with Crippen LogP contribution in [0.2, 0.25) is 0 Å². The third-order valence-corrected chi connectivity index (χ3v) is 1.20. The lowest BCUT2D eigenvalue weighted by Gasteiger charge is -2.04. The van der Waals surface area contributed by atoms with Crippen molar-refractivity contribution in [1.29, 1.82) is 0 Å². The summed E-state index contributed by atoms with van der Waals surface area (Å²) in [6.45, 7) is 3.31. The number of hydrogen-bond acceptors (Lipinski definition) is 4. The van der Waals surface area contributed by atoms with Crippen LogP contribution in [0.25, 0.3) is 0 Å². The van der Waals surface area contributed by atoms with Crippen LogP contribution in [0.5, 0.6) is 0 Å². The van der Waals surface area contributed by atoms with Gasteiger partial charge >= 0.3 is 6.09 Å². The molecule has 0 rings (SSSR count). The average Bonchev–Trinajstić information content (AvgIpc) is 2.08. The normalized spacial score (nSPS) is 9.31. The van der Waals surface area contributed by atoms with Crippen LogP contribution in [0.4, 0.5) is 4.79 Å². The Morgan fingerprint density at radius 2 is 2.15 bits per heavy atom. The molecule has 0 heterocycles. The van der Waals surface area contributed by atoms with Gasteiger partial charge in [0.25, 0.3) is 0 Å². The number of nitrogens with two attached hydrogens (primary N) is 1. The predicted molar refractivity (Wildman–Crippen MR) is 47.1 cm³/mol. The highest BCUT2D eigenvalue weighted by molar-refractivity contribution is 5.77. The smallest absolute Gasteiger partial charge is 0.404 e. The van der Waals surface area contributed by atoms with Crippen molar-refractivity contribution in [3.05, 3.63) is 0 Å². The lowest BCUT2D eigenvalue weighted by Crippen LogP contribution is -2.36. The standard InChI is InChI=1S/C7H15N3O3/c1-2-9-5-6(11)10-3-4-13-7(8)12/h9H,2-5H2,1H3,(H2,8,12)(H,10,11). The molecule has 6 heteroatoms. The summed E-state index contributed by atoms with van der Waals surface area (Å²) in [6.07, 6.45) is -0.832. The minimum absolute atomic E-state index is 0.104. The van der Waals surface area contributed by atoms with Gasteiger partial charge in [-0.2, -0.15) is 0 Å². The molecule has 0 aliphatic carbocycles. The molecule has 0 aromatic rings. The Morgan fingerprint density at radius 1 is 1.46 bits per heavy atom. The van der Waals surface area contributed by atoms with Gasteiger partial charge in [-0.05, 0) is 6.54 Å². The topological polar surface area (TPSA) is 93.4 Å². The zero-order valence-corrected chi connectivity index (χ0v) is 7.63. The molecule has 0 aliphatic rings. The van der Waals surface area contributed by atoms with Gasteiger partial charge in [0.1, 0.15) is 6.61 Å². The molecule has 0 aliphatic heterocycles. The molecule has 0 atom stereocenters. The number of nitrogens with one attached hydrogen (secondary N) is 2. The number of primary amides is 1. The third-order valence-electron chi connectivity index (χ3n) is 1.20. The van der Waals surface area contributed by atoms with E-state index in [9.17, 15) is 9.59 Å². The Balaban J connectivity index is 3.22. The van der Waals surface area contributed by atoms with Crippen molar-refractivity contribution in [3.8, 4) is 0 Å². The Bertz CT molecular complexity index is 172. The fourth-order valence-corrected chi connectivity index (χ4v) is 0.643. The Labute approximate surface area is 76.8 Å². The molecular weight excluding hydrogens is 174 g/mol. The fraction of sp³-hybridized carbons (Fsp3) is 0.714. The largest absolute Gasteiger partial charge is 0.448 e. The van der Waals surface area contributed by atoms with Crippen molar-refractivity contribution in [3.63, 3.8) is 0 Å². The van der Waals surface area contributed by atoms with Crippen molar-refractivity contribution >= 4 is 12.0 Å². The third kappa shape index (κ3) is 8.61. The van der Waals surface area contributed by atoms with Gasteiger partial charge in [0, 0.05) is 0 Å². The molecular formula is C7H15N3O3. The van der Waals surface area contributed by atoms with Gasteiger partial charge in [-0.3, -0.25) is 4.79 Å². The molecule has 0 fully saturated rings. The monoisotopic (exact) mass is 189 g/mol. The van der Waals surface area contributed by atoms with Crippen LogP contribution >= 0.6 is 0 Å². The Morgan fingerprint density at radius 3 is 2.69 bits per heavy atom. The van der Waals surface area contributed by atoms with Crippen LogP contribution in [0.15, 0.2) is 0 Å². The van der Waals surface area contributed by atoms with E-state index in [0.29, 0.717) is 0 Å². The molecule has 76 valence electrons. The van der Waals surface area contributed by atoms with E-state index in [4.69, 9.17) is 5.73 Å². The summed E-state index contributed by atoms with van der Waals surface area (Å²) in [5.74, 6) is -0.130. The second kappa shape index (κ2) is 7.35. The van der Waals surface area contributed by atoms with Gasteiger partial charge in [0.15, 0.2) is 0 Å². The summed E-state index contributed by atoms with van der Waals surface area (Å²) in [4.78, 5) is 21.0. The number of ether oxygens (including phenoxy) is 1. The van der Waals surface area contributed by atoms with Crippen molar-refractivity contribution in [2.45, 2.75) is 6.92 Å². The molecule has 4 N–H and O–H groups in total. The molecule has 0 aromatic heterocycles. The Hall–Kier alpha value is -1.30. The minimum atomic E-state index is -0.832. The average molecular weight is 189 g/mol. The highest BCUT2D eigenvalue weighted by Gasteiger charge is 1.98. The van der Waals surface area contributed by atoms with E-state index >= 15 is 0 Å². The number of rotatable bonds is 6. The summed E-state index contributed by atoms with van der Waals surface area (Å²) in [5.41, 5.74) is 4.70. The van der Waals surface area contributed by atoms with Crippen LogP contribution in [0.3, 0.4) is 0 Å². The highest BCUT2D eigenvalue weighted by atomic mass is 16.5. The molecule has 0 unspecified atom stereocenters. The van der Waals surface area contributed by atoms with Crippen LogP contribution < -0.4 is 16.4 Å². The van der Waals surface area contributed by atoms with Crippen LogP contribution in [0, 0.1) is 0 Å². The second-order valence-electron chi connectivity index (χ2n) is 2.30. The summed E-state index contributed by atoms with van der Waals surface area (Å²) in [7, 11) is 0. The predicted octanol–water partition coefficient (Wildman–Crippen LogP) is -1.19. The maximum atomic E-state index is 10.9. The quantitative estimate of drug-likeness (QED) is 0.458. The molecule has 0 spiro atoms. The van der Waals surface area contributed by atoms with E-state index in [2.05, 4.69) is 15.4 Å². The first-order valence-electron chi connectivity index (χ1n) is 4.06. The molecule has 0 saturated heterocycles. The molecule has 0 bridgehead atoms. The molecule has 0 aromatic carbocycles. The summed E-state index contributed by atoms with van der Waals surface area (Å²) in [6, 6.07) is 0. The number of carbonyl (C=O) groups excluding carboxylic acids is 2. The van der Waals surface area contributed by atoms with E-state index in [1.807, 2.05) is 6.92 Å². The molecule has 2 amide bonds. The van der Waals surface area contributed by atoms with E-state index in [-0.39, 0.29) is 25.6 Å². The van der Waals surface area contributed by atoms with Crippen LogP contribution in [-0.4, -0.2) is 38.2 Å². The van der Waals surface area contributed by atoms with Gasteiger partial charge in [0.05, 0.1) is 13.1 Å². The minimum Gasteiger partial charge on any atom is -0.448 e. The first-order valence-corrected chi connectivity index (χ1v) is 4.06. The van der Waals surface area contributed by atoms with Crippen LogP contribution in [-0.2, 0) is 9.53 Å². The lowest BCUT2D eigenvalue weighted by molar-refractivity contribution is -0.120. The van der Waals surface area contributed by atoms with Crippen LogP contribution in [0.1, 0.15) is 6.92 Å². The summed E-state index contributed by atoms with van der Waals surface area (Å²) in [5, 5.41) is 5.39.